The fraction of sp³-hybridized carbons (Fsp3) is 0.800. The molecule has 1 aliphatic carbocycles. The monoisotopic (exact) mass is 180 g/mol. The van der Waals surface area contributed by atoms with Crippen molar-refractivity contribution < 1.29 is 4.79 Å². The maximum Gasteiger partial charge on any atom is 0.224 e. The van der Waals surface area contributed by atoms with Gasteiger partial charge in [0.2, 0.25) is 5.91 Å². The van der Waals surface area contributed by atoms with Gasteiger partial charge in [0.05, 0.1) is 6.07 Å². The van der Waals surface area contributed by atoms with Gasteiger partial charge in [0.25, 0.3) is 0 Å². The van der Waals surface area contributed by atoms with E-state index in [-0.39, 0.29) is 11.8 Å². The third-order valence-corrected chi connectivity index (χ3v) is 2.74. The molecule has 3 nitrogen and oxygen atoms in total. The second-order valence-corrected chi connectivity index (χ2v) is 4.22. The Labute approximate surface area is 79.1 Å². The summed E-state index contributed by atoms with van der Waals surface area (Å²) in [5, 5.41) is 11.6. The molecule has 0 aromatic heterocycles. The molecule has 0 saturated heterocycles. The smallest absolute Gasteiger partial charge is 0.224 e. The minimum atomic E-state index is -0.514. The first kappa shape index (κ1) is 10.0. The van der Waals surface area contributed by atoms with Crippen molar-refractivity contribution in [3.05, 3.63) is 0 Å². The van der Waals surface area contributed by atoms with Gasteiger partial charge < -0.3 is 5.32 Å². The SMILES string of the molecule is CC(C)C(C)C(=O)NC1(C#N)CC1. The molecule has 0 aromatic carbocycles. The van der Waals surface area contributed by atoms with Crippen molar-refractivity contribution in [2.24, 2.45) is 11.8 Å². The highest BCUT2D eigenvalue weighted by molar-refractivity contribution is 5.80. The molecule has 0 spiro atoms. The number of amides is 1. The molecule has 1 N–H and O–H groups in total. The average molecular weight is 180 g/mol. The van der Waals surface area contributed by atoms with Gasteiger partial charge in [-0.2, -0.15) is 5.26 Å². The van der Waals surface area contributed by atoms with E-state index in [1.54, 1.807) is 0 Å². The molecule has 1 amide bonds. The number of nitriles is 1. The van der Waals surface area contributed by atoms with Gasteiger partial charge in [0.1, 0.15) is 5.54 Å². The van der Waals surface area contributed by atoms with Gasteiger partial charge in [-0.15, -0.1) is 0 Å². The van der Waals surface area contributed by atoms with Crippen LogP contribution in [-0.4, -0.2) is 11.4 Å². The molecule has 1 rings (SSSR count). The zero-order valence-electron chi connectivity index (χ0n) is 8.42. The predicted octanol–water partition coefficient (Wildman–Crippen LogP) is 1.45. The number of nitrogens with zero attached hydrogens (tertiary/aromatic N) is 1. The first-order valence-corrected chi connectivity index (χ1v) is 4.74. The predicted molar refractivity (Wildman–Crippen MR) is 49.7 cm³/mol. The first-order chi connectivity index (χ1) is 6.01. The topological polar surface area (TPSA) is 52.9 Å². The number of carbonyl (C=O) groups excluding carboxylic acids is 1. The summed E-state index contributed by atoms with van der Waals surface area (Å²) in [4.78, 5) is 11.5. The van der Waals surface area contributed by atoms with Crippen LogP contribution in [0.15, 0.2) is 0 Å². The molecule has 1 saturated carbocycles. The summed E-state index contributed by atoms with van der Waals surface area (Å²) in [5.41, 5.74) is -0.514. The Bertz CT molecular complexity index is 248. The molecular weight excluding hydrogens is 164 g/mol. The Morgan fingerprint density at radius 2 is 2.00 bits per heavy atom. The molecule has 1 atom stereocenters. The highest BCUT2D eigenvalue weighted by Gasteiger charge is 2.45. The van der Waals surface area contributed by atoms with Crippen LogP contribution in [-0.2, 0) is 4.79 Å². The Hall–Kier alpha value is -1.04. The molecule has 0 radical (unpaired) electrons. The van der Waals surface area contributed by atoms with Crippen LogP contribution in [0, 0.1) is 23.2 Å². The van der Waals surface area contributed by atoms with E-state index in [9.17, 15) is 4.79 Å². The van der Waals surface area contributed by atoms with Crippen LogP contribution in [0.25, 0.3) is 0 Å². The van der Waals surface area contributed by atoms with Gasteiger partial charge in [0, 0.05) is 5.92 Å². The van der Waals surface area contributed by atoms with Gasteiger partial charge in [-0.25, -0.2) is 0 Å². The number of nitrogens with one attached hydrogen (secondary N) is 1. The zero-order chi connectivity index (χ0) is 10.1. The lowest BCUT2D eigenvalue weighted by atomic mass is 9.97. The number of hydrogen-bond acceptors (Lipinski definition) is 2. The third-order valence-electron chi connectivity index (χ3n) is 2.74. The third kappa shape index (κ3) is 2.21. The molecular formula is C10H16N2O. The molecule has 13 heavy (non-hydrogen) atoms. The lowest BCUT2D eigenvalue weighted by Gasteiger charge is -2.17. The fourth-order valence-electron chi connectivity index (χ4n) is 1.04. The van der Waals surface area contributed by atoms with Gasteiger partial charge in [-0.05, 0) is 18.8 Å². The molecule has 0 aromatic rings. The van der Waals surface area contributed by atoms with Gasteiger partial charge in [-0.3, -0.25) is 4.79 Å². The zero-order valence-corrected chi connectivity index (χ0v) is 8.42. The van der Waals surface area contributed by atoms with Crippen molar-refractivity contribution in [3.63, 3.8) is 0 Å². The average Bonchev–Trinajstić information content (AvgIpc) is 2.84. The second kappa shape index (κ2) is 3.37. The van der Waals surface area contributed by atoms with Crippen LogP contribution in [0.5, 0.6) is 0 Å². The van der Waals surface area contributed by atoms with E-state index in [0.717, 1.165) is 12.8 Å². The first-order valence-electron chi connectivity index (χ1n) is 4.74. The summed E-state index contributed by atoms with van der Waals surface area (Å²) in [6.45, 7) is 5.92. The van der Waals surface area contributed by atoms with Crippen LogP contribution < -0.4 is 5.32 Å². The van der Waals surface area contributed by atoms with E-state index in [0.29, 0.717) is 5.92 Å². The van der Waals surface area contributed by atoms with Crippen molar-refractivity contribution in [2.45, 2.75) is 39.2 Å². The van der Waals surface area contributed by atoms with E-state index in [2.05, 4.69) is 11.4 Å². The van der Waals surface area contributed by atoms with Gasteiger partial charge in [-0.1, -0.05) is 20.8 Å². The largest absolute Gasteiger partial charge is 0.338 e. The highest BCUT2D eigenvalue weighted by atomic mass is 16.2. The van der Waals surface area contributed by atoms with E-state index in [4.69, 9.17) is 5.26 Å². The summed E-state index contributed by atoms with van der Waals surface area (Å²) >= 11 is 0. The van der Waals surface area contributed by atoms with Crippen LogP contribution in [0.3, 0.4) is 0 Å². The normalized spacial score (nSPS) is 20.5. The molecule has 3 heteroatoms. The quantitative estimate of drug-likeness (QED) is 0.714. The molecule has 0 heterocycles. The van der Waals surface area contributed by atoms with E-state index < -0.39 is 5.54 Å². The van der Waals surface area contributed by atoms with E-state index in [1.165, 1.54) is 0 Å². The Kier molecular flexibility index (Phi) is 2.60. The van der Waals surface area contributed by atoms with Crippen molar-refractivity contribution in [1.29, 1.82) is 5.26 Å². The summed E-state index contributed by atoms with van der Waals surface area (Å²) in [6.07, 6.45) is 1.61. The van der Waals surface area contributed by atoms with Crippen molar-refractivity contribution in [2.75, 3.05) is 0 Å². The number of carbonyl (C=O) groups is 1. The van der Waals surface area contributed by atoms with E-state index >= 15 is 0 Å². The molecule has 0 bridgehead atoms. The minimum absolute atomic E-state index is 0.00838. The second-order valence-electron chi connectivity index (χ2n) is 4.22. The van der Waals surface area contributed by atoms with Crippen LogP contribution >= 0.6 is 0 Å². The minimum Gasteiger partial charge on any atom is -0.338 e. The fourth-order valence-corrected chi connectivity index (χ4v) is 1.04. The number of hydrogen-bond donors (Lipinski definition) is 1. The molecule has 72 valence electrons. The summed E-state index contributed by atoms with van der Waals surface area (Å²) in [5.74, 6) is 0.328. The summed E-state index contributed by atoms with van der Waals surface area (Å²) < 4.78 is 0. The van der Waals surface area contributed by atoms with Crippen molar-refractivity contribution in [3.8, 4) is 6.07 Å². The standard InChI is InChI=1S/C10H16N2O/c1-7(2)8(3)9(13)12-10(6-11)4-5-10/h7-8H,4-5H2,1-3H3,(H,12,13). The molecule has 0 aliphatic heterocycles. The maximum absolute atomic E-state index is 11.5. The van der Waals surface area contributed by atoms with Crippen LogP contribution in [0.4, 0.5) is 0 Å². The van der Waals surface area contributed by atoms with Crippen molar-refractivity contribution in [1.82, 2.24) is 5.32 Å². The Balaban J connectivity index is 2.47. The summed E-state index contributed by atoms with van der Waals surface area (Å²) in [6, 6.07) is 2.15. The van der Waals surface area contributed by atoms with Gasteiger partial charge in [0.15, 0.2) is 0 Å². The lowest BCUT2D eigenvalue weighted by Crippen LogP contribution is -2.40. The van der Waals surface area contributed by atoms with Gasteiger partial charge >= 0.3 is 0 Å². The lowest BCUT2D eigenvalue weighted by molar-refractivity contribution is -0.126. The molecule has 1 fully saturated rings. The highest BCUT2D eigenvalue weighted by Crippen LogP contribution is 2.34. The number of rotatable bonds is 3. The summed E-state index contributed by atoms with van der Waals surface area (Å²) in [7, 11) is 0. The van der Waals surface area contributed by atoms with Crippen LogP contribution in [0.1, 0.15) is 33.6 Å². The molecule has 1 aliphatic rings. The van der Waals surface area contributed by atoms with E-state index in [1.807, 2.05) is 20.8 Å². The maximum atomic E-state index is 11.5. The molecule has 1 unspecified atom stereocenters. The van der Waals surface area contributed by atoms with Crippen molar-refractivity contribution >= 4 is 5.91 Å². The van der Waals surface area contributed by atoms with Crippen LogP contribution in [0.2, 0.25) is 0 Å². The Morgan fingerprint density at radius 1 is 1.46 bits per heavy atom. The Morgan fingerprint density at radius 3 is 2.31 bits per heavy atom.